The number of nitro benzene ring substituents is 1. The number of hydrogen-bond acceptors (Lipinski definition) is 4. The van der Waals surface area contributed by atoms with Gasteiger partial charge in [-0.05, 0) is 51.0 Å². The molecule has 0 aliphatic rings. The molecule has 1 aromatic heterocycles. The molecule has 0 saturated carbocycles. The van der Waals surface area contributed by atoms with Crippen molar-refractivity contribution in [1.29, 1.82) is 0 Å². The molecular formula is C12H9BrIN3O3. The molecule has 0 saturated heterocycles. The summed E-state index contributed by atoms with van der Waals surface area (Å²) >= 11 is 5.16. The summed E-state index contributed by atoms with van der Waals surface area (Å²) in [4.78, 5) is 26.6. The molecule has 0 amide bonds. The van der Waals surface area contributed by atoms with Gasteiger partial charge in [0.15, 0.2) is 0 Å². The number of rotatable bonds is 3. The molecule has 0 radical (unpaired) electrons. The summed E-state index contributed by atoms with van der Waals surface area (Å²) in [7, 11) is 0. The second kappa shape index (κ2) is 6.00. The van der Waals surface area contributed by atoms with E-state index in [1.807, 2.05) is 22.6 Å². The Labute approximate surface area is 136 Å². The molecule has 0 aliphatic carbocycles. The average molecular weight is 450 g/mol. The SMILES string of the molecule is Cc1ncn(Cc2cccc([N+](=O)[O-])c2Br)c(=O)c1I. The second-order valence-electron chi connectivity index (χ2n) is 4.08. The lowest BCUT2D eigenvalue weighted by molar-refractivity contribution is -0.385. The summed E-state index contributed by atoms with van der Waals surface area (Å²) in [6.45, 7) is 1.99. The molecule has 0 bridgehead atoms. The van der Waals surface area contributed by atoms with Gasteiger partial charge in [-0.2, -0.15) is 0 Å². The van der Waals surface area contributed by atoms with E-state index in [0.29, 0.717) is 19.3 Å². The van der Waals surface area contributed by atoms with Crippen LogP contribution in [0.5, 0.6) is 0 Å². The highest BCUT2D eigenvalue weighted by Gasteiger charge is 2.15. The van der Waals surface area contributed by atoms with E-state index in [2.05, 4.69) is 20.9 Å². The van der Waals surface area contributed by atoms with Crippen LogP contribution in [0.25, 0.3) is 0 Å². The van der Waals surface area contributed by atoms with Crippen molar-refractivity contribution >= 4 is 44.2 Å². The molecule has 0 atom stereocenters. The monoisotopic (exact) mass is 449 g/mol. The summed E-state index contributed by atoms with van der Waals surface area (Å²) in [5.74, 6) is 0. The second-order valence-corrected chi connectivity index (χ2v) is 5.96. The molecular weight excluding hydrogens is 441 g/mol. The van der Waals surface area contributed by atoms with Gasteiger partial charge in [0.05, 0.1) is 27.1 Å². The van der Waals surface area contributed by atoms with Crippen LogP contribution in [0, 0.1) is 20.6 Å². The van der Waals surface area contributed by atoms with Crippen LogP contribution < -0.4 is 5.56 Å². The van der Waals surface area contributed by atoms with Crippen LogP contribution in [0.15, 0.2) is 33.8 Å². The van der Waals surface area contributed by atoms with Gasteiger partial charge in [0.2, 0.25) is 0 Å². The van der Waals surface area contributed by atoms with Crippen molar-refractivity contribution in [2.24, 2.45) is 0 Å². The first-order chi connectivity index (χ1) is 9.41. The van der Waals surface area contributed by atoms with Crippen LogP contribution in [0.2, 0.25) is 0 Å². The highest BCUT2D eigenvalue weighted by atomic mass is 127. The average Bonchev–Trinajstić information content (AvgIpc) is 2.41. The normalized spacial score (nSPS) is 10.6. The van der Waals surface area contributed by atoms with E-state index in [1.54, 1.807) is 19.1 Å². The van der Waals surface area contributed by atoms with Crippen LogP contribution in [0.4, 0.5) is 5.69 Å². The first-order valence-electron chi connectivity index (χ1n) is 5.55. The van der Waals surface area contributed by atoms with E-state index in [4.69, 9.17) is 0 Å². The zero-order chi connectivity index (χ0) is 14.9. The standard InChI is InChI=1S/C12H9BrIN3O3/c1-7-11(14)12(18)16(6-15-7)5-8-3-2-4-9(10(8)13)17(19)20/h2-4,6H,5H2,1H3. The molecule has 6 nitrogen and oxygen atoms in total. The van der Waals surface area contributed by atoms with Crippen molar-refractivity contribution in [3.63, 3.8) is 0 Å². The maximum Gasteiger partial charge on any atom is 0.283 e. The van der Waals surface area contributed by atoms with Crippen LogP contribution >= 0.6 is 38.5 Å². The Balaban J connectivity index is 2.46. The largest absolute Gasteiger partial charge is 0.294 e. The first kappa shape index (κ1) is 15.1. The highest BCUT2D eigenvalue weighted by Crippen LogP contribution is 2.28. The minimum Gasteiger partial charge on any atom is -0.294 e. The maximum absolute atomic E-state index is 12.1. The Kier molecular flexibility index (Phi) is 4.53. The molecule has 8 heteroatoms. The van der Waals surface area contributed by atoms with Gasteiger partial charge < -0.3 is 0 Å². The Morgan fingerprint density at radius 3 is 2.85 bits per heavy atom. The fourth-order valence-electron chi connectivity index (χ4n) is 1.67. The highest BCUT2D eigenvalue weighted by molar-refractivity contribution is 14.1. The van der Waals surface area contributed by atoms with E-state index in [1.165, 1.54) is 17.0 Å². The number of nitrogens with zero attached hydrogens (tertiary/aromatic N) is 3. The Hall–Kier alpha value is -1.29. The predicted octanol–water partition coefficient (Wildman–Crippen LogP) is 2.88. The summed E-state index contributed by atoms with van der Waals surface area (Å²) in [5.41, 5.74) is 1.15. The van der Waals surface area contributed by atoms with Gasteiger partial charge in [-0.1, -0.05) is 12.1 Å². The summed E-state index contributed by atoms with van der Waals surface area (Å²) < 4.78 is 2.36. The molecule has 20 heavy (non-hydrogen) atoms. The van der Waals surface area contributed by atoms with Gasteiger partial charge in [-0.15, -0.1) is 0 Å². The third-order valence-electron chi connectivity index (χ3n) is 2.75. The molecule has 104 valence electrons. The van der Waals surface area contributed by atoms with Crippen LogP contribution in [-0.4, -0.2) is 14.5 Å². The molecule has 0 unspecified atom stereocenters. The number of hydrogen-bond donors (Lipinski definition) is 0. The van der Waals surface area contributed by atoms with Gasteiger partial charge in [0.1, 0.15) is 4.47 Å². The fraction of sp³-hybridized carbons (Fsp3) is 0.167. The molecule has 2 aromatic rings. The lowest BCUT2D eigenvalue weighted by Crippen LogP contribution is -2.24. The predicted molar refractivity (Wildman–Crippen MR) is 85.8 cm³/mol. The maximum atomic E-state index is 12.1. The van der Waals surface area contributed by atoms with Crippen molar-refractivity contribution in [1.82, 2.24) is 9.55 Å². The Bertz CT molecular complexity index is 745. The number of nitro groups is 1. The van der Waals surface area contributed by atoms with E-state index < -0.39 is 4.92 Å². The molecule has 0 fully saturated rings. The van der Waals surface area contributed by atoms with E-state index in [-0.39, 0.29) is 17.8 Å². The van der Waals surface area contributed by atoms with Crippen molar-refractivity contribution < 1.29 is 4.92 Å². The van der Waals surface area contributed by atoms with Gasteiger partial charge in [0, 0.05) is 6.07 Å². The van der Waals surface area contributed by atoms with Crippen molar-refractivity contribution in [3.05, 3.63) is 64.3 Å². The van der Waals surface area contributed by atoms with E-state index in [9.17, 15) is 14.9 Å². The fourth-order valence-corrected chi connectivity index (χ4v) is 2.66. The smallest absolute Gasteiger partial charge is 0.283 e. The minimum atomic E-state index is -0.465. The van der Waals surface area contributed by atoms with Crippen molar-refractivity contribution in [2.45, 2.75) is 13.5 Å². The molecule has 0 aliphatic heterocycles. The molecule has 1 heterocycles. The summed E-state index contributed by atoms with van der Waals surface area (Å²) in [6.07, 6.45) is 1.45. The first-order valence-corrected chi connectivity index (χ1v) is 7.42. The third-order valence-corrected chi connectivity index (χ3v) is 4.91. The third kappa shape index (κ3) is 2.90. The molecule has 2 rings (SSSR count). The van der Waals surface area contributed by atoms with Gasteiger partial charge in [0.25, 0.3) is 11.2 Å². The zero-order valence-electron chi connectivity index (χ0n) is 10.3. The number of aryl methyl sites for hydroxylation is 1. The number of aromatic nitrogens is 2. The van der Waals surface area contributed by atoms with E-state index >= 15 is 0 Å². The Morgan fingerprint density at radius 2 is 2.20 bits per heavy atom. The van der Waals surface area contributed by atoms with Crippen molar-refractivity contribution in [3.8, 4) is 0 Å². The zero-order valence-corrected chi connectivity index (χ0v) is 14.1. The Morgan fingerprint density at radius 1 is 1.50 bits per heavy atom. The topological polar surface area (TPSA) is 78.0 Å². The quantitative estimate of drug-likeness (QED) is 0.410. The number of benzene rings is 1. The lowest BCUT2D eigenvalue weighted by atomic mass is 10.2. The van der Waals surface area contributed by atoms with Gasteiger partial charge in [-0.3, -0.25) is 19.5 Å². The van der Waals surface area contributed by atoms with E-state index in [0.717, 1.165) is 0 Å². The molecule has 0 spiro atoms. The number of halogens is 2. The summed E-state index contributed by atoms with van der Waals surface area (Å²) in [5, 5.41) is 10.9. The van der Waals surface area contributed by atoms with Crippen LogP contribution in [0.3, 0.4) is 0 Å². The van der Waals surface area contributed by atoms with Crippen LogP contribution in [0.1, 0.15) is 11.3 Å². The summed E-state index contributed by atoms with van der Waals surface area (Å²) in [6, 6.07) is 4.74. The lowest BCUT2D eigenvalue weighted by Gasteiger charge is -2.08. The van der Waals surface area contributed by atoms with Gasteiger partial charge in [-0.25, -0.2) is 4.98 Å². The van der Waals surface area contributed by atoms with Crippen LogP contribution in [-0.2, 0) is 6.54 Å². The van der Waals surface area contributed by atoms with Gasteiger partial charge >= 0.3 is 0 Å². The molecule has 1 aromatic carbocycles. The van der Waals surface area contributed by atoms with Crippen molar-refractivity contribution in [2.75, 3.05) is 0 Å². The molecule has 0 N–H and O–H groups in total. The minimum absolute atomic E-state index is 0.0229.